The molecule has 0 aromatic carbocycles. The van der Waals surface area contributed by atoms with Gasteiger partial charge in [-0.2, -0.15) is 10.2 Å². The smallest absolute Gasteiger partial charge is 0.348 e. The number of rotatable bonds is 9. The van der Waals surface area contributed by atoms with Gasteiger partial charge < -0.3 is 15.0 Å². The maximum Gasteiger partial charge on any atom is 0.348 e. The number of allylic oxidation sites excluding steroid dienone is 3. The Bertz CT molecular complexity index is 1240. The number of likely N-dealkylation sites (tertiary alicyclic amines) is 1. The van der Waals surface area contributed by atoms with Crippen molar-refractivity contribution in [3.8, 4) is 0 Å². The molecule has 0 bridgehead atoms. The molecule has 4 atom stereocenters. The van der Waals surface area contributed by atoms with Crippen molar-refractivity contribution < 1.29 is 14.3 Å². The minimum absolute atomic E-state index is 0.108. The van der Waals surface area contributed by atoms with Crippen LogP contribution < -0.4 is 5.32 Å². The maximum absolute atomic E-state index is 13.1. The lowest BCUT2D eigenvalue weighted by Crippen LogP contribution is -2.51. The number of esters is 1. The van der Waals surface area contributed by atoms with Crippen molar-refractivity contribution in [2.45, 2.75) is 91.1 Å². The summed E-state index contributed by atoms with van der Waals surface area (Å²) in [5.41, 5.74) is 5.00. The van der Waals surface area contributed by atoms with Crippen LogP contribution in [0.5, 0.6) is 0 Å². The molecule has 3 heterocycles. The molecule has 8 heteroatoms. The number of hydrogen-bond acceptors (Lipinski definition) is 7. The van der Waals surface area contributed by atoms with E-state index >= 15 is 0 Å². The van der Waals surface area contributed by atoms with Gasteiger partial charge in [-0.3, -0.25) is 4.79 Å². The van der Waals surface area contributed by atoms with Gasteiger partial charge in [-0.15, -0.1) is 11.3 Å². The first-order chi connectivity index (χ1) is 19.3. The lowest BCUT2D eigenvalue weighted by molar-refractivity contribution is -0.125. The number of nitrogens with one attached hydrogen (secondary N) is 1. The predicted octanol–water partition coefficient (Wildman–Crippen LogP) is 6.69. The zero-order valence-corrected chi connectivity index (χ0v) is 25.4. The Morgan fingerprint density at radius 3 is 2.67 bits per heavy atom. The first-order valence-electron chi connectivity index (χ1n) is 15.0. The number of thiophene rings is 1. The second-order valence-electron chi connectivity index (χ2n) is 12.1. The summed E-state index contributed by atoms with van der Waals surface area (Å²) in [4.78, 5) is 29.4. The van der Waals surface area contributed by atoms with Gasteiger partial charge in [-0.1, -0.05) is 38.8 Å². The minimum atomic E-state index is -0.324. The fraction of sp³-hybridized carbons (Fsp3) is 0.625. The van der Waals surface area contributed by atoms with E-state index in [0.29, 0.717) is 28.7 Å². The van der Waals surface area contributed by atoms with E-state index in [1.807, 2.05) is 12.1 Å². The van der Waals surface area contributed by atoms with Gasteiger partial charge in [0.15, 0.2) is 0 Å². The second kappa shape index (κ2) is 12.4. The van der Waals surface area contributed by atoms with E-state index in [0.717, 1.165) is 62.1 Å². The van der Waals surface area contributed by atoms with Crippen molar-refractivity contribution in [1.82, 2.24) is 10.2 Å². The first kappa shape index (κ1) is 28.8. The number of methoxy groups -OCH3 is 1. The van der Waals surface area contributed by atoms with Gasteiger partial charge in [0.25, 0.3) is 0 Å². The van der Waals surface area contributed by atoms with Gasteiger partial charge in [-0.25, -0.2) is 4.79 Å². The van der Waals surface area contributed by atoms with Crippen molar-refractivity contribution in [1.29, 1.82) is 0 Å². The van der Waals surface area contributed by atoms with Gasteiger partial charge in [0, 0.05) is 47.1 Å². The Labute approximate surface area is 242 Å². The predicted molar refractivity (Wildman–Crippen MR) is 162 cm³/mol. The molecule has 0 spiro atoms. The van der Waals surface area contributed by atoms with Crippen LogP contribution in [0.4, 0.5) is 0 Å². The third kappa shape index (κ3) is 5.97. The summed E-state index contributed by atoms with van der Waals surface area (Å²) < 4.78 is 4.93. The summed E-state index contributed by atoms with van der Waals surface area (Å²) in [6.07, 6.45) is 13.0. The van der Waals surface area contributed by atoms with Crippen LogP contribution in [-0.2, 0) is 9.53 Å². The highest BCUT2D eigenvalue weighted by molar-refractivity contribution is 7.14. The van der Waals surface area contributed by atoms with E-state index in [1.165, 1.54) is 41.8 Å². The van der Waals surface area contributed by atoms with Crippen LogP contribution in [-0.4, -0.2) is 47.9 Å². The molecule has 1 aromatic heterocycles. The molecule has 1 amide bonds. The van der Waals surface area contributed by atoms with Gasteiger partial charge >= 0.3 is 5.97 Å². The third-order valence-electron chi connectivity index (χ3n) is 9.30. The van der Waals surface area contributed by atoms with Crippen LogP contribution in [0.25, 0.3) is 0 Å². The van der Waals surface area contributed by atoms with E-state index in [9.17, 15) is 9.59 Å². The van der Waals surface area contributed by atoms with E-state index in [4.69, 9.17) is 4.74 Å². The van der Waals surface area contributed by atoms with Gasteiger partial charge in [0.2, 0.25) is 5.91 Å². The number of hydrogen-bond donors (Lipinski definition) is 1. The van der Waals surface area contributed by atoms with E-state index < -0.39 is 0 Å². The number of ether oxygens (including phenoxy) is 1. The third-order valence-corrected chi connectivity index (χ3v) is 10.5. The van der Waals surface area contributed by atoms with Crippen LogP contribution in [0.3, 0.4) is 0 Å². The maximum atomic E-state index is 13.1. The number of amides is 1. The minimum Gasteiger partial charge on any atom is -0.465 e. The van der Waals surface area contributed by atoms with Crippen LogP contribution >= 0.6 is 11.3 Å². The van der Waals surface area contributed by atoms with Gasteiger partial charge in [-0.05, 0) is 75.5 Å². The highest BCUT2D eigenvalue weighted by atomic mass is 32.1. The zero-order valence-electron chi connectivity index (χ0n) is 24.6. The molecule has 1 N–H and O–H groups in total. The van der Waals surface area contributed by atoms with Crippen LogP contribution in [0.15, 0.2) is 45.8 Å². The normalized spacial score (nSPS) is 27.4. The van der Waals surface area contributed by atoms with Gasteiger partial charge in [0.05, 0.1) is 18.9 Å². The molecule has 2 saturated carbocycles. The molecule has 3 fully saturated rings. The first-order valence-corrected chi connectivity index (χ1v) is 15.8. The SMILES string of the molecule is C/C=C1\C2CC(/C=C3/CC(C(C)C)=NN=C3C)CC2N1CC[C@H](NC(=O)C1CCCC1)c1ccc(C(=O)OC)s1. The summed E-state index contributed by atoms with van der Waals surface area (Å²) in [6.45, 7) is 9.49. The fourth-order valence-corrected chi connectivity index (χ4v) is 7.99. The van der Waals surface area contributed by atoms with Crippen LogP contribution in [0.1, 0.15) is 99.7 Å². The molecule has 7 nitrogen and oxygen atoms in total. The quantitative estimate of drug-likeness (QED) is 0.339. The molecule has 1 saturated heterocycles. The summed E-state index contributed by atoms with van der Waals surface area (Å²) >= 11 is 1.43. The molecule has 3 unspecified atom stereocenters. The average Bonchev–Trinajstić information content (AvgIpc) is 3.71. The standard InChI is InChI=1S/C32H44N4O3S/c1-6-27-24-16-21(15-23-18-26(19(2)3)35-34-20(23)4)17-28(24)36(27)14-13-25(33-31(37)22-9-7-8-10-22)29-11-12-30(40-29)32(38)39-5/h6,11-12,15,19,21-22,24-25,28H,7-10,13-14,16-18H2,1-5H3,(H,33,37)/b23-15-,27-6+/t21?,24?,25-,28?/m0/s1. The molecule has 0 radical (unpaired) electrons. The van der Waals surface area contributed by atoms with Crippen molar-refractivity contribution in [3.63, 3.8) is 0 Å². The topological polar surface area (TPSA) is 83.4 Å². The highest BCUT2D eigenvalue weighted by Crippen LogP contribution is 2.50. The second-order valence-corrected chi connectivity index (χ2v) is 13.3. The Morgan fingerprint density at radius 2 is 1.98 bits per heavy atom. The lowest BCUT2D eigenvalue weighted by Gasteiger charge is -2.49. The van der Waals surface area contributed by atoms with Crippen LogP contribution in [0.2, 0.25) is 0 Å². The van der Waals surface area contributed by atoms with Crippen LogP contribution in [0, 0.1) is 23.7 Å². The summed E-state index contributed by atoms with van der Waals surface area (Å²) in [5, 5.41) is 12.3. The monoisotopic (exact) mass is 564 g/mol. The summed E-state index contributed by atoms with van der Waals surface area (Å²) in [5.74, 6) is 1.50. The number of fused-ring (bicyclic) bond motifs is 1. The Kier molecular flexibility index (Phi) is 8.93. The zero-order chi connectivity index (χ0) is 28.4. The highest BCUT2D eigenvalue weighted by Gasteiger charge is 2.48. The van der Waals surface area contributed by atoms with E-state index in [-0.39, 0.29) is 23.8 Å². The Balaban J connectivity index is 1.26. The van der Waals surface area contributed by atoms with E-state index in [1.54, 1.807) is 0 Å². The summed E-state index contributed by atoms with van der Waals surface area (Å²) in [7, 11) is 1.41. The van der Waals surface area contributed by atoms with Crippen molar-refractivity contribution in [3.05, 3.63) is 45.3 Å². The van der Waals surface area contributed by atoms with Crippen molar-refractivity contribution in [2.75, 3.05) is 13.7 Å². The molecule has 5 rings (SSSR count). The molecule has 40 heavy (non-hydrogen) atoms. The largest absolute Gasteiger partial charge is 0.465 e. The average molecular weight is 565 g/mol. The molecular formula is C32H44N4O3S. The van der Waals surface area contributed by atoms with E-state index in [2.05, 4.69) is 60.3 Å². The van der Waals surface area contributed by atoms with Gasteiger partial charge in [0.1, 0.15) is 4.88 Å². The molecular weight excluding hydrogens is 520 g/mol. The molecule has 216 valence electrons. The Hall–Kier alpha value is -2.74. The lowest BCUT2D eigenvalue weighted by atomic mass is 9.86. The molecule has 1 aromatic rings. The van der Waals surface area contributed by atoms with Crippen molar-refractivity contribution in [2.24, 2.45) is 33.9 Å². The van der Waals surface area contributed by atoms with Crippen molar-refractivity contribution >= 4 is 34.6 Å². The molecule has 4 aliphatic rings. The molecule has 2 aliphatic carbocycles. The number of carbonyl (C=O) groups is 2. The molecule has 2 aliphatic heterocycles. The number of carbonyl (C=O) groups excluding carboxylic acids is 2. The summed E-state index contributed by atoms with van der Waals surface area (Å²) in [6, 6.07) is 4.22. The fourth-order valence-electron chi connectivity index (χ4n) is 6.98. The number of nitrogens with zero attached hydrogens (tertiary/aromatic N) is 3. The Morgan fingerprint density at radius 1 is 1.20 bits per heavy atom.